The summed E-state index contributed by atoms with van der Waals surface area (Å²) in [7, 11) is 0. The third kappa shape index (κ3) is 2.06. The fourth-order valence-corrected chi connectivity index (χ4v) is 3.69. The second kappa shape index (κ2) is 4.19. The Morgan fingerprint density at radius 3 is 2.75 bits per heavy atom. The highest BCUT2D eigenvalue weighted by molar-refractivity contribution is 7.21. The molecule has 20 heavy (non-hydrogen) atoms. The molecule has 4 nitrogen and oxygen atoms in total. The first-order valence-electron chi connectivity index (χ1n) is 6.76. The lowest BCUT2D eigenvalue weighted by Gasteiger charge is -2.06. The molecular formula is C15H19N3OS. The van der Waals surface area contributed by atoms with Gasteiger partial charge in [-0.3, -0.25) is 4.79 Å². The van der Waals surface area contributed by atoms with Gasteiger partial charge in [-0.1, -0.05) is 13.8 Å². The number of hydrogen-bond donors (Lipinski definition) is 2. The molecule has 1 fully saturated rings. The monoisotopic (exact) mass is 289 g/mol. The molecule has 0 spiro atoms. The Bertz CT molecular complexity index is 717. The van der Waals surface area contributed by atoms with Crippen molar-refractivity contribution in [3.05, 3.63) is 22.2 Å². The Morgan fingerprint density at radius 1 is 1.50 bits per heavy atom. The van der Waals surface area contributed by atoms with Crippen molar-refractivity contribution in [2.75, 3.05) is 5.73 Å². The molecule has 2 aromatic heterocycles. The van der Waals surface area contributed by atoms with Crippen molar-refractivity contribution in [2.24, 2.45) is 5.41 Å². The topological polar surface area (TPSA) is 68.0 Å². The maximum absolute atomic E-state index is 12.4. The highest BCUT2D eigenvalue weighted by Gasteiger charge is 2.46. The number of pyridine rings is 1. The van der Waals surface area contributed by atoms with Gasteiger partial charge in [0.15, 0.2) is 0 Å². The zero-order valence-electron chi connectivity index (χ0n) is 12.2. The Morgan fingerprint density at radius 2 is 2.15 bits per heavy atom. The molecule has 0 aromatic carbocycles. The van der Waals surface area contributed by atoms with Crippen molar-refractivity contribution in [1.29, 1.82) is 0 Å². The van der Waals surface area contributed by atoms with E-state index >= 15 is 0 Å². The number of nitrogens with two attached hydrogens (primary N) is 1. The number of hydrogen-bond acceptors (Lipinski definition) is 4. The number of thiophene rings is 1. The minimum Gasteiger partial charge on any atom is -0.397 e. The summed E-state index contributed by atoms with van der Waals surface area (Å²) in [4.78, 5) is 18.3. The third-order valence-corrected chi connectivity index (χ3v) is 5.15. The van der Waals surface area contributed by atoms with Gasteiger partial charge in [-0.15, -0.1) is 11.3 Å². The Kier molecular flexibility index (Phi) is 2.80. The van der Waals surface area contributed by atoms with E-state index in [0.29, 0.717) is 10.6 Å². The van der Waals surface area contributed by atoms with Crippen LogP contribution >= 0.6 is 11.3 Å². The molecule has 1 aliphatic rings. The summed E-state index contributed by atoms with van der Waals surface area (Å²) in [6, 6.07) is 2.26. The van der Waals surface area contributed by atoms with E-state index in [9.17, 15) is 4.79 Å². The summed E-state index contributed by atoms with van der Waals surface area (Å²) in [6.45, 7) is 8.27. The van der Waals surface area contributed by atoms with Gasteiger partial charge >= 0.3 is 0 Å². The van der Waals surface area contributed by atoms with Crippen LogP contribution in [-0.4, -0.2) is 16.9 Å². The first kappa shape index (κ1) is 13.4. The number of rotatable bonds is 2. The predicted octanol–water partition coefficient (Wildman–Crippen LogP) is 3.02. The smallest absolute Gasteiger partial charge is 0.263 e. The average Bonchev–Trinajstić information content (AvgIpc) is 2.77. The van der Waals surface area contributed by atoms with E-state index in [2.05, 4.69) is 24.1 Å². The van der Waals surface area contributed by atoms with Gasteiger partial charge in [-0.25, -0.2) is 4.98 Å². The summed E-state index contributed by atoms with van der Waals surface area (Å²) >= 11 is 1.38. The van der Waals surface area contributed by atoms with Gasteiger partial charge in [0, 0.05) is 17.1 Å². The second-order valence-electron chi connectivity index (χ2n) is 6.32. The zero-order valence-corrected chi connectivity index (χ0v) is 13.0. The van der Waals surface area contributed by atoms with Crippen LogP contribution in [0.3, 0.4) is 0 Å². The lowest BCUT2D eigenvalue weighted by Crippen LogP contribution is -2.28. The molecule has 0 saturated heterocycles. The van der Waals surface area contributed by atoms with Crippen LogP contribution in [0.2, 0.25) is 0 Å². The van der Waals surface area contributed by atoms with E-state index in [1.807, 2.05) is 19.9 Å². The highest BCUT2D eigenvalue weighted by atomic mass is 32.1. The van der Waals surface area contributed by atoms with Crippen LogP contribution in [0, 0.1) is 19.3 Å². The van der Waals surface area contributed by atoms with E-state index in [0.717, 1.165) is 27.9 Å². The van der Waals surface area contributed by atoms with Gasteiger partial charge in [0.05, 0.1) is 5.69 Å². The van der Waals surface area contributed by atoms with Gasteiger partial charge in [-0.05, 0) is 37.3 Å². The van der Waals surface area contributed by atoms with E-state index in [1.165, 1.54) is 11.3 Å². The lowest BCUT2D eigenvalue weighted by atomic mass is 10.1. The number of carbonyl (C=O) groups excluding carboxylic acids is 1. The lowest BCUT2D eigenvalue weighted by molar-refractivity contribution is 0.0951. The van der Waals surface area contributed by atoms with Gasteiger partial charge < -0.3 is 11.1 Å². The molecule has 1 amide bonds. The van der Waals surface area contributed by atoms with Crippen molar-refractivity contribution in [3.63, 3.8) is 0 Å². The van der Waals surface area contributed by atoms with Crippen molar-refractivity contribution < 1.29 is 4.79 Å². The second-order valence-corrected chi connectivity index (χ2v) is 7.32. The molecule has 3 N–H and O–H groups in total. The fourth-order valence-electron chi connectivity index (χ4n) is 2.58. The number of aromatic nitrogens is 1. The summed E-state index contributed by atoms with van der Waals surface area (Å²) < 4.78 is 0. The van der Waals surface area contributed by atoms with Gasteiger partial charge in [0.25, 0.3) is 5.91 Å². The number of nitrogen functional groups attached to an aromatic ring is 1. The van der Waals surface area contributed by atoms with Gasteiger partial charge in [0.2, 0.25) is 0 Å². The summed E-state index contributed by atoms with van der Waals surface area (Å²) in [5.41, 5.74) is 8.97. The summed E-state index contributed by atoms with van der Waals surface area (Å²) in [6.07, 6.45) is 1.03. The summed E-state index contributed by atoms with van der Waals surface area (Å²) in [5, 5.41) is 3.98. The van der Waals surface area contributed by atoms with E-state index in [4.69, 9.17) is 5.73 Å². The molecule has 0 aliphatic heterocycles. The molecule has 0 radical (unpaired) electrons. The Balaban J connectivity index is 1.98. The predicted molar refractivity (Wildman–Crippen MR) is 83.2 cm³/mol. The number of anilines is 1. The average molecular weight is 289 g/mol. The van der Waals surface area contributed by atoms with Crippen molar-refractivity contribution in [3.8, 4) is 0 Å². The van der Waals surface area contributed by atoms with E-state index < -0.39 is 0 Å². The highest BCUT2D eigenvalue weighted by Crippen LogP contribution is 2.45. The number of nitrogens with one attached hydrogen (secondary N) is 1. The van der Waals surface area contributed by atoms with Crippen LogP contribution in [-0.2, 0) is 0 Å². The van der Waals surface area contributed by atoms with Crippen LogP contribution in [0.1, 0.15) is 41.2 Å². The number of aryl methyl sites for hydroxylation is 2. The van der Waals surface area contributed by atoms with Crippen LogP contribution in [0.4, 0.5) is 5.69 Å². The van der Waals surface area contributed by atoms with Crippen molar-refractivity contribution >= 4 is 33.1 Å². The Hall–Kier alpha value is -1.62. The summed E-state index contributed by atoms with van der Waals surface area (Å²) in [5.74, 6) is -0.0712. The Labute approximate surface area is 122 Å². The third-order valence-electron chi connectivity index (χ3n) is 4.05. The van der Waals surface area contributed by atoms with Crippen LogP contribution < -0.4 is 11.1 Å². The molecule has 3 rings (SSSR count). The minimum atomic E-state index is -0.0712. The number of nitrogens with zero attached hydrogens (tertiary/aromatic N) is 1. The molecule has 1 unspecified atom stereocenters. The van der Waals surface area contributed by atoms with Crippen molar-refractivity contribution in [1.82, 2.24) is 10.3 Å². The molecule has 2 heterocycles. The van der Waals surface area contributed by atoms with Crippen molar-refractivity contribution in [2.45, 2.75) is 40.2 Å². The largest absolute Gasteiger partial charge is 0.397 e. The molecule has 1 saturated carbocycles. The molecule has 5 heteroatoms. The van der Waals surface area contributed by atoms with E-state index in [1.54, 1.807) is 0 Å². The molecule has 0 bridgehead atoms. The zero-order chi connectivity index (χ0) is 14.7. The molecule has 106 valence electrons. The molecule has 1 aliphatic carbocycles. The van der Waals surface area contributed by atoms with Crippen LogP contribution in [0.5, 0.6) is 0 Å². The first-order valence-corrected chi connectivity index (χ1v) is 7.58. The first-order chi connectivity index (χ1) is 9.29. The minimum absolute atomic E-state index is 0.0712. The standard InChI is InChI=1S/C15H19N3OS/c1-7-5-8(2)17-14-10(7)11(16)12(20-14)13(19)18-9-6-15(9,3)4/h5,9H,6,16H2,1-4H3,(H,18,19). The fraction of sp³-hybridized carbons (Fsp3) is 0.467. The molecular weight excluding hydrogens is 270 g/mol. The van der Waals surface area contributed by atoms with Gasteiger partial charge in [0.1, 0.15) is 9.71 Å². The molecule has 1 atom stereocenters. The van der Waals surface area contributed by atoms with E-state index in [-0.39, 0.29) is 17.4 Å². The SMILES string of the molecule is Cc1cc(C)c2c(N)c(C(=O)NC3CC3(C)C)sc2n1. The quantitative estimate of drug-likeness (QED) is 0.893. The maximum atomic E-state index is 12.4. The van der Waals surface area contributed by atoms with Crippen LogP contribution in [0.15, 0.2) is 6.07 Å². The normalized spacial score (nSPS) is 20.1. The van der Waals surface area contributed by atoms with Crippen LogP contribution in [0.25, 0.3) is 10.2 Å². The number of fused-ring (bicyclic) bond motifs is 1. The molecule has 2 aromatic rings. The number of amides is 1. The number of carbonyl (C=O) groups is 1. The van der Waals surface area contributed by atoms with Gasteiger partial charge in [-0.2, -0.15) is 0 Å². The maximum Gasteiger partial charge on any atom is 0.263 e.